The van der Waals surface area contributed by atoms with Gasteiger partial charge >= 0.3 is 0 Å². The van der Waals surface area contributed by atoms with Crippen LogP contribution in [0.25, 0.3) is 0 Å². The molecule has 0 fully saturated rings. The Kier molecular flexibility index (Phi) is 4.43. The Bertz CT molecular complexity index is 646. The molecule has 21 heavy (non-hydrogen) atoms. The molecule has 0 radical (unpaired) electrons. The van der Waals surface area contributed by atoms with Crippen molar-refractivity contribution in [1.29, 1.82) is 0 Å². The molecule has 3 N–H and O–H groups in total. The SMILES string of the molecule is CC(NC(C)c1cc(F)ccc1F)c1ccc(O)cc1O. The maximum atomic E-state index is 13.7. The van der Waals surface area contributed by atoms with E-state index >= 15 is 0 Å². The highest BCUT2D eigenvalue weighted by Gasteiger charge is 2.17. The fourth-order valence-corrected chi connectivity index (χ4v) is 2.30. The number of phenolic OH excluding ortho intramolecular Hbond substituents is 2. The summed E-state index contributed by atoms with van der Waals surface area (Å²) in [6, 6.07) is 6.84. The Balaban J connectivity index is 2.18. The summed E-state index contributed by atoms with van der Waals surface area (Å²) in [5, 5.41) is 22.2. The van der Waals surface area contributed by atoms with Crippen LogP contribution in [0.1, 0.15) is 37.1 Å². The molecule has 2 rings (SSSR count). The van der Waals surface area contributed by atoms with E-state index < -0.39 is 17.7 Å². The second kappa shape index (κ2) is 6.10. The lowest BCUT2D eigenvalue weighted by Gasteiger charge is -2.22. The molecule has 0 aliphatic rings. The minimum absolute atomic E-state index is 0.0346. The average molecular weight is 293 g/mol. The Hall–Kier alpha value is -2.14. The molecule has 0 aliphatic carbocycles. The molecule has 0 aromatic heterocycles. The van der Waals surface area contributed by atoms with Gasteiger partial charge in [0.2, 0.25) is 0 Å². The molecule has 3 nitrogen and oxygen atoms in total. The monoisotopic (exact) mass is 293 g/mol. The van der Waals surface area contributed by atoms with Crippen LogP contribution in [0.3, 0.4) is 0 Å². The fourth-order valence-electron chi connectivity index (χ4n) is 2.30. The van der Waals surface area contributed by atoms with Crippen LogP contribution in [-0.4, -0.2) is 10.2 Å². The van der Waals surface area contributed by atoms with E-state index in [1.165, 1.54) is 12.1 Å². The number of hydrogen-bond acceptors (Lipinski definition) is 3. The predicted molar refractivity (Wildman–Crippen MR) is 76.1 cm³/mol. The third-order valence-corrected chi connectivity index (χ3v) is 3.41. The van der Waals surface area contributed by atoms with Crippen molar-refractivity contribution < 1.29 is 19.0 Å². The van der Waals surface area contributed by atoms with E-state index in [0.29, 0.717) is 5.56 Å². The zero-order valence-electron chi connectivity index (χ0n) is 11.8. The quantitative estimate of drug-likeness (QED) is 0.804. The number of aromatic hydroxyl groups is 2. The zero-order valence-corrected chi connectivity index (χ0v) is 11.8. The lowest BCUT2D eigenvalue weighted by Crippen LogP contribution is -2.23. The van der Waals surface area contributed by atoms with Crippen molar-refractivity contribution >= 4 is 0 Å². The molecule has 0 amide bonds. The molecule has 0 aliphatic heterocycles. The molecular weight excluding hydrogens is 276 g/mol. The summed E-state index contributed by atoms with van der Waals surface area (Å²) in [6.07, 6.45) is 0. The van der Waals surface area contributed by atoms with Crippen LogP contribution in [-0.2, 0) is 0 Å². The first kappa shape index (κ1) is 15.3. The van der Waals surface area contributed by atoms with E-state index in [-0.39, 0.29) is 23.1 Å². The second-order valence-electron chi connectivity index (χ2n) is 5.02. The van der Waals surface area contributed by atoms with Gasteiger partial charge in [-0.3, -0.25) is 0 Å². The number of hydrogen-bond donors (Lipinski definition) is 3. The summed E-state index contributed by atoms with van der Waals surface area (Å²) in [5.74, 6) is -1.08. The van der Waals surface area contributed by atoms with Crippen molar-refractivity contribution in [2.45, 2.75) is 25.9 Å². The van der Waals surface area contributed by atoms with Crippen LogP contribution in [0.15, 0.2) is 36.4 Å². The maximum Gasteiger partial charge on any atom is 0.128 e. The number of benzene rings is 2. The first-order valence-corrected chi connectivity index (χ1v) is 6.61. The standard InChI is InChI=1S/C16H17F2NO2/c1-9(13-5-4-12(20)8-16(13)21)19-10(2)14-7-11(17)3-6-15(14)18/h3-10,19-21H,1-2H3. The zero-order chi connectivity index (χ0) is 15.6. The Morgan fingerprint density at radius 3 is 2.24 bits per heavy atom. The first-order chi connectivity index (χ1) is 9.88. The van der Waals surface area contributed by atoms with Gasteiger partial charge in [-0.25, -0.2) is 8.78 Å². The van der Waals surface area contributed by atoms with Gasteiger partial charge < -0.3 is 15.5 Å². The van der Waals surface area contributed by atoms with Gasteiger partial charge in [0.05, 0.1) is 0 Å². The van der Waals surface area contributed by atoms with Crippen molar-refractivity contribution in [2.24, 2.45) is 0 Å². The van der Waals surface area contributed by atoms with Gasteiger partial charge in [0.15, 0.2) is 0 Å². The van der Waals surface area contributed by atoms with Crippen molar-refractivity contribution in [2.75, 3.05) is 0 Å². The van der Waals surface area contributed by atoms with Crippen molar-refractivity contribution in [3.63, 3.8) is 0 Å². The maximum absolute atomic E-state index is 13.7. The molecule has 2 aromatic carbocycles. The van der Waals surface area contributed by atoms with E-state index in [2.05, 4.69) is 5.32 Å². The van der Waals surface area contributed by atoms with Crippen LogP contribution in [0, 0.1) is 11.6 Å². The first-order valence-electron chi connectivity index (χ1n) is 6.61. The van der Waals surface area contributed by atoms with Gasteiger partial charge in [0.1, 0.15) is 23.1 Å². The van der Waals surface area contributed by atoms with Gasteiger partial charge in [-0.1, -0.05) is 6.07 Å². The summed E-state index contributed by atoms with van der Waals surface area (Å²) >= 11 is 0. The van der Waals surface area contributed by atoms with Crippen molar-refractivity contribution in [1.82, 2.24) is 5.32 Å². The molecule has 5 heteroatoms. The van der Waals surface area contributed by atoms with Crippen molar-refractivity contribution in [3.8, 4) is 11.5 Å². The lowest BCUT2D eigenvalue weighted by molar-refractivity contribution is 0.423. The highest BCUT2D eigenvalue weighted by atomic mass is 19.1. The highest BCUT2D eigenvalue weighted by Crippen LogP contribution is 2.29. The highest BCUT2D eigenvalue weighted by molar-refractivity contribution is 5.40. The van der Waals surface area contributed by atoms with Gasteiger partial charge in [-0.05, 0) is 38.1 Å². The smallest absolute Gasteiger partial charge is 0.128 e. The summed E-state index contributed by atoms with van der Waals surface area (Å²) in [7, 11) is 0. The van der Waals surface area contributed by atoms with Gasteiger partial charge in [0.25, 0.3) is 0 Å². The molecule has 0 bridgehead atoms. The Morgan fingerprint density at radius 2 is 1.57 bits per heavy atom. The largest absolute Gasteiger partial charge is 0.508 e. The average Bonchev–Trinajstić information content (AvgIpc) is 2.41. The molecule has 2 aromatic rings. The van der Waals surface area contributed by atoms with E-state index in [4.69, 9.17) is 0 Å². The molecular formula is C16H17F2NO2. The molecule has 0 spiro atoms. The number of phenols is 2. The normalized spacial score (nSPS) is 13.9. The van der Waals surface area contributed by atoms with Crippen LogP contribution < -0.4 is 5.32 Å². The number of halogens is 2. The van der Waals surface area contributed by atoms with Crippen LogP contribution in [0.5, 0.6) is 11.5 Å². The molecule has 112 valence electrons. The molecule has 0 saturated heterocycles. The Labute approximate surface area is 121 Å². The summed E-state index contributed by atoms with van der Waals surface area (Å²) < 4.78 is 26.9. The minimum Gasteiger partial charge on any atom is -0.508 e. The number of nitrogens with one attached hydrogen (secondary N) is 1. The molecule has 0 saturated carbocycles. The lowest BCUT2D eigenvalue weighted by atomic mass is 10.0. The third-order valence-electron chi connectivity index (χ3n) is 3.41. The Morgan fingerprint density at radius 1 is 0.905 bits per heavy atom. The molecule has 2 unspecified atom stereocenters. The summed E-state index contributed by atoms with van der Waals surface area (Å²) in [6.45, 7) is 3.51. The van der Waals surface area contributed by atoms with E-state index in [9.17, 15) is 19.0 Å². The topological polar surface area (TPSA) is 52.5 Å². The van der Waals surface area contributed by atoms with Crippen molar-refractivity contribution in [3.05, 3.63) is 59.2 Å². The van der Waals surface area contributed by atoms with Crippen LogP contribution in [0.2, 0.25) is 0 Å². The minimum atomic E-state index is -0.500. The molecule has 2 atom stereocenters. The second-order valence-corrected chi connectivity index (χ2v) is 5.02. The van der Waals surface area contributed by atoms with E-state index in [1.807, 2.05) is 0 Å². The van der Waals surface area contributed by atoms with Gasteiger partial charge in [-0.2, -0.15) is 0 Å². The van der Waals surface area contributed by atoms with Gasteiger partial charge in [-0.15, -0.1) is 0 Å². The number of rotatable bonds is 4. The summed E-state index contributed by atoms with van der Waals surface area (Å²) in [5.41, 5.74) is 0.788. The van der Waals surface area contributed by atoms with E-state index in [0.717, 1.165) is 18.2 Å². The predicted octanol–water partition coefficient (Wildman–Crippen LogP) is 3.79. The summed E-state index contributed by atoms with van der Waals surface area (Å²) in [4.78, 5) is 0. The van der Waals surface area contributed by atoms with E-state index in [1.54, 1.807) is 19.9 Å². The third kappa shape index (κ3) is 3.49. The van der Waals surface area contributed by atoms with Crippen LogP contribution >= 0.6 is 0 Å². The molecule has 0 heterocycles. The van der Waals surface area contributed by atoms with Gasteiger partial charge in [0, 0.05) is 29.3 Å². The van der Waals surface area contributed by atoms with Crippen LogP contribution in [0.4, 0.5) is 8.78 Å². The fraction of sp³-hybridized carbons (Fsp3) is 0.250.